The van der Waals surface area contributed by atoms with Crippen molar-refractivity contribution in [1.29, 1.82) is 0 Å². The first kappa shape index (κ1) is 31.6. The third-order valence-corrected chi connectivity index (χ3v) is 9.28. The number of benzene rings is 3. The van der Waals surface area contributed by atoms with Gasteiger partial charge in [0.2, 0.25) is 21.8 Å². The van der Waals surface area contributed by atoms with Crippen molar-refractivity contribution in [1.82, 2.24) is 10.2 Å². The molecule has 224 valence electrons. The van der Waals surface area contributed by atoms with Gasteiger partial charge in [0.25, 0.3) is 0 Å². The van der Waals surface area contributed by atoms with E-state index in [9.17, 15) is 18.0 Å². The van der Waals surface area contributed by atoms with Crippen LogP contribution in [0, 0.1) is 6.92 Å². The lowest BCUT2D eigenvalue weighted by atomic mass is 10.0. The summed E-state index contributed by atoms with van der Waals surface area (Å²) < 4.78 is 26.7. The lowest BCUT2D eigenvalue weighted by molar-refractivity contribution is -0.141. The van der Waals surface area contributed by atoms with Crippen molar-refractivity contribution in [3.63, 3.8) is 0 Å². The van der Waals surface area contributed by atoms with E-state index >= 15 is 0 Å². The van der Waals surface area contributed by atoms with Crippen molar-refractivity contribution in [2.75, 3.05) is 17.1 Å². The first-order valence-electron chi connectivity index (χ1n) is 14.5. The molecule has 0 bridgehead atoms. The molecule has 3 aromatic rings. The summed E-state index contributed by atoms with van der Waals surface area (Å²) in [5.41, 5.74) is 3.21. The maximum atomic E-state index is 14.0. The summed E-state index contributed by atoms with van der Waals surface area (Å²) in [6.07, 6.45) is 5.91. The summed E-state index contributed by atoms with van der Waals surface area (Å²) >= 11 is 6.52. The van der Waals surface area contributed by atoms with Gasteiger partial charge in [0.15, 0.2) is 0 Å². The van der Waals surface area contributed by atoms with Crippen LogP contribution in [0.15, 0.2) is 78.9 Å². The highest BCUT2D eigenvalue weighted by Gasteiger charge is 2.32. The average Bonchev–Trinajstić information content (AvgIpc) is 3.46. The molecule has 4 rings (SSSR count). The van der Waals surface area contributed by atoms with Gasteiger partial charge in [0.1, 0.15) is 6.04 Å². The van der Waals surface area contributed by atoms with E-state index < -0.39 is 16.1 Å². The number of sulfonamides is 1. The maximum absolute atomic E-state index is 14.0. The van der Waals surface area contributed by atoms with Crippen molar-refractivity contribution in [2.24, 2.45) is 0 Å². The van der Waals surface area contributed by atoms with E-state index in [1.165, 1.54) is 10.6 Å². The van der Waals surface area contributed by atoms with Crippen LogP contribution in [0.5, 0.6) is 0 Å². The predicted octanol–water partition coefficient (Wildman–Crippen LogP) is 5.89. The number of hydrogen-bond acceptors (Lipinski definition) is 4. The molecule has 0 saturated heterocycles. The van der Waals surface area contributed by atoms with Gasteiger partial charge in [-0.3, -0.25) is 13.9 Å². The Bertz CT molecular complexity index is 1460. The Labute approximate surface area is 254 Å². The van der Waals surface area contributed by atoms with E-state index in [-0.39, 0.29) is 37.4 Å². The van der Waals surface area contributed by atoms with Crippen LogP contribution in [0.4, 0.5) is 5.69 Å². The smallest absolute Gasteiger partial charge is 0.243 e. The highest BCUT2D eigenvalue weighted by molar-refractivity contribution is 7.92. The van der Waals surface area contributed by atoms with E-state index in [1.54, 1.807) is 17.0 Å². The van der Waals surface area contributed by atoms with Gasteiger partial charge >= 0.3 is 0 Å². The number of rotatable bonds is 13. The van der Waals surface area contributed by atoms with E-state index in [1.807, 2.05) is 73.7 Å². The molecule has 42 heavy (non-hydrogen) atoms. The zero-order valence-corrected chi connectivity index (χ0v) is 25.9. The Hall–Kier alpha value is -3.36. The molecule has 0 heterocycles. The molecule has 1 N–H and O–H groups in total. The second-order valence-corrected chi connectivity index (χ2v) is 13.4. The summed E-state index contributed by atoms with van der Waals surface area (Å²) in [5, 5.41) is 3.72. The molecule has 1 aliphatic rings. The topological polar surface area (TPSA) is 86.8 Å². The van der Waals surface area contributed by atoms with E-state index in [0.29, 0.717) is 23.6 Å². The SMILES string of the molecule is Cc1cccc(N(CCCC(=O)N(Cc2ccccc2Cl)C(Cc2ccccc2)C(=O)NC2CCCC2)S(C)(=O)=O)c1. The summed E-state index contributed by atoms with van der Waals surface area (Å²) in [6, 6.07) is 23.7. The highest BCUT2D eigenvalue weighted by atomic mass is 35.5. The van der Waals surface area contributed by atoms with E-state index in [0.717, 1.165) is 42.4 Å². The van der Waals surface area contributed by atoms with Crippen molar-refractivity contribution in [3.05, 3.63) is 101 Å². The molecule has 3 aromatic carbocycles. The second kappa shape index (κ2) is 14.7. The predicted molar refractivity (Wildman–Crippen MR) is 169 cm³/mol. The number of halogens is 1. The number of anilines is 1. The van der Waals surface area contributed by atoms with Gasteiger partial charge in [-0.15, -0.1) is 0 Å². The standard InChI is InChI=1S/C33H40ClN3O4S/c1-25-12-10-18-29(22-25)37(42(2,40)41)21-11-20-32(38)36(24-27-15-6-9-19-30(27)34)31(23-26-13-4-3-5-14-26)33(39)35-28-16-7-8-17-28/h3-6,9-10,12-15,18-19,22,28,31H,7-8,11,16-17,20-21,23-24H2,1-2H3,(H,35,39). The third-order valence-electron chi connectivity index (χ3n) is 7.71. The van der Waals surface area contributed by atoms with Crippen LogP contribution in [0.25, 0.3) is 0 Å². The molecule has 9 heteroatoms. The first-order chi connectivity index (χ1) is 20.1. The third kappa shape index (κ3) is 8.82. The minimum Gasteiger partial charge on any atom is -0.352 e. The average molecular weight is 610 g/mol. The fourth-order valence-corrected chi connectivity index (χ4v) is 6.67. The molecular formula is C33H40ClN3O4S. The zero-order valence-electron chi connectivity index (χ0n) is 24.3. The molecule has 1 fully saturated rings. The Morgan fingerprint density at radius 2 is 1.67 bits per heavy atom. The van der Waals surface area contributed by atoms with Crippen LogP contribution in [0.3, 0.4) is 0 Å². The maximum Gasteiger partial charge on any atom is 0.243 e. The number of nitrogens with one attached hydrogen (secondary N) is 1. The van der Waals surface area contributed by atoms with Crippen LogP contribution in [0.2, 0.25) is 5.02 Å². The van der Waals surface area contributed by atoms with Crippen molar-refractivity contribution < 1.29 is 18.0 Å². The molecule has 1 atom stereocenters. The van der Waals surface area contributed by atoms with Crippen LogP contribution in [-0.4, -0.2) is 50.0 Å². The number of hydrogen-bond donors (Lipinski definition) is 1. The fourth-order valence-electron chi connectivity index (χ4n) is 5.52. The minimum atomic E-state index is -3.56. The number of carbonyl (C=O) groups is 2. The number of nitrogens with zero attached hydrogens (tertiary/aromatic N) is 2. The Morgan fingerprint density at radius 1 is 0.976 bits per heavy atom. The summed E-state index contributed by atoms with van der Waals surface area (Å²) in [4.78, 5) is 29.4. The Morgan fingerprint density at radius 3 is 2.33 bits per heavy atom. The van der Waals surface area contributed by atoms with Crippen LogP contribution in [0.1, 0.15) is 55.2 Å². The summed E-state index contributed by atoms with van der Waals surface area (Å²) in [6.45, 7) is 2.22. The molecule has 1 aliphatic carbocycles. The molecule has 0 aliphatic heterocycles. The fraction of sp³-hybridized carbons (Fsp3) is 0.394. The van der Waals surface area contributed by atoms with Gasteiger partial charge in [0.05, 0.1) is 11.9 Å². The molecule has 7 nitrogen and oxygen atoms in total. The van der Waals surface area contributed by atoms with Gasteiger partial charge < -0.3 is 10.2 Å². The summed E-state index contributed by atoms with van der Waals surface area (Å²) in [7, 11) is -3.56. The summed E-state index contributed by atoms with van der Waals surface area (Å²) in [5.74, 6) is -0.404. The number of carbonyl (C=O) groups excluding carboxylic acids is 2. The van der Waals surface area contributed by atoms with E-state index in [4.69, 9.17) is 11.6 Å². The van der Waals surface area contributed by atoms with Crippen molar-refractivity contribution in [3.8, 4) is 0 Å². The normalized spacial score (nSPS) is 14.4. The molecule has 0 radical (unpaired) electrons. The van der Waals surface area contributed by atoms with Gasteiger partial charge in [0, 0.05) is 37.0 Å². The van der Waals surface area contributed by atoms with E-state index in [2.05, 4.69) is 5.32 Å². The number of aryl methyl sites for hydroxylation is 1. The molecule has 1 unspecified atom stereocenters. The Balaban J connectivity index is 1.59. The highest BCUT2D eigenvalue weighted by Crippen LogP contribution is 2.24. The van der Waals surface area contributed by atoms with Crippen LogP contribution >= 0.6 is 11.6 Å². The monoisotopic (exact) mass is 609 g/mol. The molecule has 2 amide bonds. The van der Waals surface area contributed by atoms with Gasteiger partial charge in [-0.2, -0.15) is 0 Å². The second-order valence-electron chi connectivity index (χ2n) is 11.1. The lowest BCUT2D eigenvalue weighted by Gasteiger charge is -2.33. The van der Waals surface area contributed by atoms with Crippen LogP contribution < -0.4 is 9.62 Å². The van der Waals surface area contributed by atoms with Gasteiger partial charge in [-0.05, 0) is 61.1 Å². The van der Waals surface area contributed by atoms with Crippen molar-refractivity contribution in [2.45, 2.75) is 70.5 Å². The molecule has 0 spiro atoms. The minimum absolute atomic E-state index is 0.0737. The van der Waals surface area contributed by atoms with Gasteiger partial charge in [-0.25, -0.2) is 8.42 Å². The Kier molecular flexibility index (Phi) is 11.0. The lowest BCUT2D eigenvalue weighted by Crippen LogP contribution is -2.52. The van der Waals surface area contributed by atoms with Crippen LogP contribution in [-0.2, 0) is 32.6 Å². The first-order valence-corrected chi connectivity index (χ1v) is 16.8. The largest absolute Gasteiger partial charge is 0.352 e. The number of amides is 2. The van der Waals surface area contributed by atoms with Gasteiger partial charge in [-0.1, -0.05) is 85.1 Å². The molecular weight excluding hydrogens is 570 g/mol. The van der Waals surface area contributed by atoms with Crippen molar-refractivity contribution >= 4 is 39.1 Å². The molecule has 1 saturated carbocycles. The quantitative estimate of drug-likeness (QED) is 0.262. The molecule has 0 aromatic heterocycles. The zero-order chi connectivity index (χ0) is 30.1.